The Hall–Kier alpha value is -1.59. The second kappa shape index (κ2) is 10.4. The first-order valence-corrected chi connectivity index (χ1v) is 9.19. The minimum atomic E-state index is -0.119. The van der Waals surface area contributed by atoms with Crippen LogP contribution in [-0.2, 0) is 9.59 Å². The van der Waals surface area contributed by atoms with Gasteiger partial charge in [-0.15, -0.1) is 0 Å². The zero-order valence-electron chi connectivity index (χ0n) is 15.9. The summed E-state index contributed by atoms with van der Waals surface area (Å²) < 4.78 is 0. The Balaban J connectivity index is 2.52. The molecule has 0 spiro atoms. The Morgan fingerprint density at radius 3 is 2.04 bits per heavy atom. The van der Waals surface area contributed by atoms with Crippen LogP contribution in [0.25, 0.3) is 0 Å². The molecule has 1 aromatic carbocycles. The number of hydrogen-bond acceptors (Lipinski definition) is 2. The minimum absolute atomic E-state index is 0.0965. The highest BCUT2D eigenvalue weighted by Crippen LogP contribution is 2.12. The molecular formula is C19H31ClN3O2+. The van der Waals surface area contributed by atoms with E-state index in [4.69, 9.17) is 11.6 Å². The van der Waals surface area contributed by atoms with Crippen molar-refractivity contribution >= 4 is 29.1 Å². The largest absolute Gasteiger partial charge is 0.337 e. The van der Waals surface area contributed by atoms with E-state index in [9.17, 15) is 9.59 Å². The monoisotopic (exact) mass is 368 g/mol. The summed E-state index contributed by atoms with van der Waals surface area (Å²) >= 11 is 5.83. The van der Waals surface area contributed by atoms with Gasteiger partial charge in [0.05, 0.1) is 7.05 Å². The molecule has 1 unspecified atom stereocenters. The fourth-order valence-corrected chi connectivity index (χ4v) is 2.73. The molecule has 0 aliphatic rings. The van der Waals surface area contributed by atoms with E-state index in [-0.39, 0.29) is 18.4 Å². The number of carbonyl (C=O) groups is 2. The molecule has 5 nitrogen and oxygen atoms in total. The quantitative estimate of drug-likeness (QED) is 0.699. The van der Waals surface area contributed by atoms with E-state index in [2.05, 4.69) is 33.0 Å². The topological polar surface area (TPSA) is 53.9 Å². The molecule has 0 aromatic heterocycles. The minimum Gasteiger partial charge on any atom is -0.337 e. The van der Waals surface area contributed by atoms with E-state index in [0.717, 1.165) is 18.0 Å². The third-order valence-corrected chi connectivity index (χ3v) is 3.82. The molecule has 0 bridgehead atoms. The van der Waals surface area contributed by atoms with Gasteiger partial charge >= 0.3 is 0 Å². The number of nitrogens with one attached hydrogen (secondary N) is 2. The van der Waals surface area contributed by atoms with E-state index in [1.807, 2.05) is 11.9 Å². The number of hydrogen-bond donors (Lipinski definition) is 2. The normalized spacial score (nSPS) is 12.3. The molecule has 6 heteroatoms. The first kappa shape index (κ1) is 21.5. The number of likely N-dealkylation sites (N-methyl/N-ethyl adjacent to an activating group) is 1. The molecule has 1 rings (SSSR count). The number of nitrogens with zero attached hydrogens (tertiary/aromatic N) is 1. The molecule has 0 aliphatic carbocycles. The highest BCUT2D eigenvalue weighted by atomic mass is 35.5. The second-order valence-electron chi connectivity index (χ2n) is 7.45. The summed E-state index contributed by atoms with van der Waals surface area (Å²) in [4.78, 5) is 27.5. The maximum atomic E-state index is 12.6. The van der Waals surface area contributed by atoms with Gasteiger partial charge in [0.2, 0.25) is 0 Å². The van der Waals surface area contributed by atoms with Crippen molar-refractivity contribution in [3.05, 3.63) is 29.3 Å². The van der Waals surface area contributed by atoms with Crippen molar-refractivity contribution in [1.82, 2.24) is 4.90 Å². The number of quaternary nitrogens is 1. The van der Waals surface area contributed by atoms with Crippen LogP contribution in [0.15, 0.2) is 24.3 Å². The van der Waals surface area contributed by atoms with E-state index in [0.29, 0.717) is 29.1 Å². The highest BCUT2D eigenvalue weighted by molar-refractivity contribution is 6.30. The summed E-state index contributed by atoms with van der Waals surface area (Å²) in [5.41, 5.74) is 0.703. The summed E-state index contributed by atoms with van der Waals surface area (Å²) in [7, 11) is 1.86. The summed E-state index contributed by atoms with van der Waals surface area (Å²) in [5.74, 6) is 0.832. The molecule has 0 aliphatic heterocycles. The highest BCUT2D eigenvalue weighted by Gasteiger charge is 2.21. The van der Waals surface area contributed by atoms with Gasteiger partial charge in [-0.2, -0.15) is 0 Å². The van der Waals surface area contributed by atoms with E-state index < -0.39 is 0 Å². The molecule has 2 N–H and O–H groups in total. The van der Waals surface area contributed by atoms with Gasteiger partial charge in [-0.1, -0.05) is 39.3 Å². The second-order valence-corrected chi connectivity index (χ2v) is 7.89. The number of amides is 2. The van der Waals surface area contributed by atoms with Crippen LogP contribution in [0.2, 0.25) is 5.02 Å². The van der Waals surface area contributed by atoms with Crippen LogP contribution in [0.1, 0.15) is 27.7 Å². The number of carbonyl (C=O) groups excluding carboxylic acids is 2. The zero-order valence-corrected chi connectivity index (χ0v) is 16.7. The van der Waals surface area contributed by atoms with Gasteiger partial charge in [-0.25, -0.2) is 0 Å². The third kappa shape index (κ3) is 8.89. The van der Waals surface area contributed by atoms with Gasteiger partial charge in [0.15, 0.2) is 13.1 Å². The molecule has 0 heterocycles. The lowest BCUT2D eigenvalue weighted by Crippen LogP contribution is -3.11. The SMILES string of the molecule is CC(C)CN(CC(C)C)C(=O)C[NH+](C)CC(=O)Nc1ccc(Cl)cc1. The first-order chi connectivity index (χ1) is 11.7. The van der Waals surface area contributed by atoms with E-state index in [1.54, 1.807) is 24.3 Å². The molecular weight excluding hydrogens is 338 g/mol. The van der Waals surface area contributed by atoms with Crippen molar-refractivity contribution < 1.29 is 14.5 Å². The number of benzene rings is 1. The van der Waals surface area contributed by atoms with Gasteiger partial charge in [-0.3, -0.25) is 9.59 Å². The van der Waals surface area contributed by atoms with Gasteiger partial charge in [0.1, 0.15) is 0 Å². The van der Waals surface area contributed by atoms with E-state index in [1.165, 1.54) is 0 Å². The molecule has 25 heavy (non-hydrogen) atoms. The summed E-state index contributed by atoms with van der Waals surface area (Å²) in [6, 6.07) is 6.97. The molecule has 1 atom stereocenters. The smallest absolute Gasteiger partial charge is 0.279 e. The molecule has 0 saturated carbocycles. The Morgan fingerprint density at radius 1 is 1.04 bits per heavy atom. The lowest BCUT2D eigenvalue weighted by molar-refractivity contribution is -0.862. The van der Waals surface area contributed by atoms with Crippen LogP contribution in [0.3, 0.4) is 0 Å². The van der Waals surface area contributed by atoms with Crippen LogP contribution in [0.4, 0.5) is 5.69 Å². The average molecular weight is 369 g/mol. The van der Waals surface area contributed by atoms with Crippen molar-refractivity contribution in [2.45, 2.75) is 27.7 Å². The summed E-state index contributed by atoms with van der Waals surface area (Å²) in [6.07, 6.45) is 0. The van der Waals surface area contributed by atoms with E-state index >= 15 is 0 Å². The third-order valence-electron chi connectivity index (χ3n) is 3.57. The number of halogens is 1. The fraction of sp³-hybridized carbons (Fsp3) is 0.579. The Bertz CT molecular complexity index is 548. The first-order valence-electron chi connectivity index (χ1n) is 8.81. The molecule has 140 valence electrons. The predicted octanol–water partition coefficient (Wildman–Crippen LogP) is 1.93. The lowest BCUT2D eigenvalue weighted by atomic mass is 10.1. The molecule has 0 fully saturated rings. The fourth-order valence-electron chi connectivity index (χ4n) is 2.60. The average Bonchev–Trinajstić information content (AvgIpc) is 2.47. The van der Waals surface area contributed by atoms with Crippen molar-refractivity contribution in [2.24, 2.45) is 11.8 Å². The van der Waals surface area contributed by atoms with Crippen molar-refractivity contribution in [3.8, 4) is 0 Å². The molecule has 2 amide bonds. The van der Waals surface area contributed by atoms with Gasteiger partial charge in [0, 0.05) is 23.8 Å². The number of rotatable bonds is 9. The standard InChI is InChI=1S/C19H30ClN3O2/c1-14(2)10-23(11-15(3)4)19(25)13-22(5)12-18(24)21-17-8-6-16(20)7-9-17/h6-9,14-15H,10-13H2,1-5H3,(H,21,24)/p+1. The zero-order chi connectivity index (χ0) is 19.0. The van der Waals surface area contributed by atoms with Crippen molar-refractivity contribution in [2.75, 3.05) is 38.5 Å². The van der Waals surface area contributed by atoms with Crippen LogP contribution in [0, 0.1) is 11.8 Å². The maximum absolute atomic E-state index is 12.6. The van der Waals surface area contributed by atoms with Crippen molar-refractivity contribution in [1.29, 1.82) is 0 Å². The molecule has 0 saturated heterocycles. The van der Waals surface area contributed by atoms with Gasteiger partial charge in [-0.05, 0) is 36.1 Å². The lowest BCUT2D eigenvalue weighted by Gasteiger charge is -2.27. The predicted molar refractivity (Wildman–Crippen MR) is 103 cm³/mol. The Kier molecular flexibility index (Phi) is 8.93. The number of anilines is 1. The van der Waals surface area contributed by atoms with Gasteiger partial charge in [0.25, 0.3) is 11.8 Å². The van der Waals surface area contributed by atoms with Crippen LogP contribution < -0.4 is 10.2 Å². The molecule has 1 aromatic rings. The summed E-state index contributed by atoms with van der Waals surface area (Å²) in [6.45, 7) is 10.5. The maximum Gasteiger partial charge on any atom is 0.279 e. The van der Waals surface area contributed by atoms with Gasteiger partial charge < -0.3 is 15.1 Å². The Morgan fingerprint density at radius 2 is 1.56 bits per heavy atom. The Labute approximate surface area is 156 Å². The van der Waals surface area contributed by atoms with Crippen molar-refractivity contribution in [3.63, 3.8) is 0 Å². The summed E-state index contributed by atoms with van der Waals surface area (Å²) in [5, 5.41) is 3.45. The van der Waals surface area contributed by atoms with Crippen LogP contribution >= 0.6 is 11.6 Å². The van der Waals surface area contributed by atoms with Crippen LogP contribution in [-0.4, -0.2) is 49.9 Å². The molecule has 0 radical (unpaired) electrons. The van der Waals surface area contributed by atoms with Crippen LogP contribution in [0.5, 0.6) is 0 Å².